The molecule has 5 rings (SSSR count). The van der Waals surface area contributed by atoms with Crippen molar-refractivity contribution in [3.05, 3.63) is 40.5 Å². The van der Waals surface area contributed by atoms with E-state index >= 15 is 0 Å². The van der Waals surface area contributed by atoms with Crippen LogP contribution in [-0.4, -0.2) is 58.2 Å². The molecule has 2 aliphatic heterocycles. The molecule has 1 aliphatic carbocycles. The maximum atomic E-state index is 12.6. The number of carbonyl (C=O) groups excluding carboxylic acids is 2. The van der Waals surface area contributed by atoms with Crippen molar-refractivity contribution in [2.75, 3.05) is 23.7 Å². The lowest BCUT2D eigenvalue weighted by Crippen LogP contribution is -2.49. The Kier molecular flexibility index (Phi) is 6.62. The van der Waals surface area contributed by atoms with Gasteiger partial charge in [-0.15, -0.1) is 0 Å². The Hall–Kier alpha value is -3.20. The van der Waals surface area contributed by atoms with Gasteiger partial charge in [-0.2, -0.15) is 4.98 Å². The molecule has 2 fully saturated rings. The number of halogens is 1. The van der Waals surface area contributed by atoms with Crippen LogP contribution in [0.5, 0.6) is 0 Å². The van der Waals surface area contributed by atoms with E-state index in [0.29, 0.717) is 41.5 Å². The van der Waals surface area contributed by atoms with Crippen molar-refractivity contribution in [3.8, 4) is 0 Å². The number of nitrogens with zero attached hydrogens (tertiary/aromatic N) is 4. The SMILES string of the molecule is O=C1N=Cc2cc(Nc3ncc(Cl)c(NC4CCN(C(=O)NC5CCCCC5)CC4)n3)ccc21. The number of nitrogens with one attached hydrogen (secondary N) is 3. The Morgan fingerprint density at radius 3 is 2.65 bits per heavy atom. The van der Waals surface area contributed by atoms with Gasteiger partial charge >= 0.3 is 6.03 Å². The number of amides is 3. The first-order chi connectivity index (χ1) is 16.5. The van der Waals surface area contributed by atoms with Crippen LogP contribution in [0.15, 0.2) is 29.4 Å². The van der Waals surface area contributed by atoms with E-state index in [1.54, 1.807) is 24.5 Å². The van der Waals surface area contributed by atoms with Gasteiger partial charge < -0.3 is 20.9 Å². The molecule has 0 atom stereocenters. The third-order valence-electron chi connectivity index (χ3n) is 6.66. The average molecular weight is 482 g/mol. The fraction of sp³-hybridized carbons (Fsp3) is 0.458. The standard InChI is InChI=1S/C24H28ClN7O2/c25-20-14-27-23(29-18-6-7-19-15(12-18)13-26-22(19)33)31-21(20)28-17-8-10-32(11-9-17)24(34)30-16-4-2-1-3-5-16/h6-7,12-14,16-17H,1-5,8-11H2,(H,30,34)(H2,27,28,29,31). The molecule has 3 heterocycles. The molecular weight excluding hydrogens is 454 g/mol. The summed E-state index contributed by atoms with van der Waals surface area (Å²) in [4.78, 5) is 38.8. The van der Waals surface area contributed by atoms with Gasteiger partial charge in [-0.1, -0.05) is 30.9 Å². The van der Waals surface area contributed by atoms with E-state index in [9.17, 15) is 9.59 Å². The number of benzene rings is 1. The number of aromatic nitrogens is 2. The maximum absolute atomic E-state index is 12.6. The van der Waals surface area contributed by atoms with Gasteiger partial charge in [0.2, 0.25) is 5.95 Å². The first-order valence-electron chi connectivity index (χ1n) is 11.9. The Bertz CT molecular complexity index is 1110. The fourth-order valence-electron chi connectivity index (χ4n) is 4.73. The minimum Gasteiger partial charge on any atom is -0.366 e. The van der Waals surface area contributed by atoms with E-state index in [0.717, 1.165) is 36.9 Å². The van der Waals surface area contributed by atoms with Crippen molar-refractivity contribution in [3.63, 3.8) is 0 Å². The molecule has 3 amide bonds. The summed E-state index contributed by atoms with van der Waals surface area (Å²) in [6, 6.07) is 5.91. The van der Waals surface area contributed by atoms with Gasteiger partial charge in [0.25, 0.3) is 5.91 Å². The van der Waals surface area contributed by atoms with E-state index in [1.165, 1.54) is 19.3 Å². The summed E-state index contributed by atoms with van der Waals surface area (Å²) >= 11 is 6.35. The Balaban J connectivity index is 1.16. The van der Waals surface area contributed by atoms with Crippen LogP contribution in [0.2, 0.25) is 5.02 Å². The fourth-order valence-corrected chi connectivity index (χ4v) is 4.88. The molecule has 1 saturated carbocycles. The predicted octanol–water partition coefficient (Wildman–Crippen LogP) is 4.36. The largest absolute Gasteiger partial charge is 0.366 e. The predicted molar refractivity (Wildman–Crippen MR) is 132 cm³/mol. The van der Waals surface area contributed by atoms with Gasteiger partial charge in [0, 0.05) is 42.6 Å². The lowest BCUT2D eigenvalue weighted by molar-refractivity contribution is 0.101. The number of hydrogen-bond donors (Lipinski definition) is 3. The highest BCUT2D eigenvalue weighted by Gasteiger charge is 2.25. The van der Waals surface area contributed by atoms with Crippen LogP contribution in [0.4, 0.5) is 22.2 Å². The normalized spacial score (nSPS) is 18.6. The molecule has 0 spiro atoms. The summed E-state index contributed by atoms with van der Waals surface area (Å²) in [5.74, 6) is 0.730. The number of anilines is 3. The third-order valence-corrected chi connectivity index (χ3v) is 6.94. The minimum absolute atomic E-state index is 0.0537. The Morgan fingerprint density at radius 2 is 1.85 bits per heavy atom. The lowest BCUT2D eigenvalue weighted by atomic mass is 9.95. The second-order valence-corrected chi connectivity index (χ2v) is 9.48. The second-order valence-electron chi connectivity index (χ2n) is 9.07. The lowest BCUT2D eigenvalue weighted by Gasteiger charge is -2.34. The molecular formula is C24H28ClN7O2. The summed E-state index contributed by atoms with van der Waals surface area (Å²) in [5, 5.41) is 10.2. The number of piperidine rings is 1. The average Bonchev–Trinajstić information content (AvgIpc) is 3.22. The molecule has 0 bridgehead atoms. The molecule has 0 radical (unpaired) electrons. The van der Waals surface area contributed by atoms with E-state index in [-0.39, 0.29) is 18.0 Å². The van der Waals surface area contributed by atoms with Gasteiger partial charge in [0.1, 0.15) is 5.02 Å². The van der Waals surface area contributed by atoms with Crippen LogP contribution < -0.4 is 16.0 Å². The van der Waals surface area contributed by atoms with Crippen LogP contribution in [-0.2, 0) is 0 Å². The van der Waals surface area contributed by atoms with E-state index in [4.69, 9.17) is 11.6 Å². The highest BCUT2D eigenvalue weighted by atomic mass is 35.5. The molecule has 9 nitrogen and oxygen atoms in total. The summed E-state index contributed by atoms with van der Waals surface area (Å²) in [6.07, 6.45) is 10.6. The molecule has 1 aromatic carbocycles. The molecule has 3 aliphatic rings. The minimum atomic E-state index is -0.228. The highest BCUT2D eigenvalue weighted by Crippen LogP contribution is 2.26. The van der Waals surface area contributed by atoms with Crippen molar-refractivity contribution in [2.45, 2.75) is 57.0 Å². The number of hydrogen-bond acceptors (Lipinski definition) is 6. The molecule has 1 aromatic heterocycles. The third kappa shape index (κ3) is 5.14. The first kappa shape index (κ1) is 22.6. The molecule has 10 heteroatoms. The number of fused-ring (bicyclic) bond motifs is 1. The van der Waals surface area contributed by atoms with Gasteiger partial charge in [0.15, 0.2) is 5.82 Å². The van der Waals surface area contributed by atoms with E-state index in [1.807, 2.05) is 11.0 Å². The van der Waals surface area contributed by atoms with Crippen molar-refractivity contribution >= 4 is 47.2 Å². The van der Waals surface area contributed by atoms with Crippen molar-refractivity contribution in [1.29, 1.82) is 0 Å². The number of rotatable bonds is 5. The van der Waals surface area contributed by atoms with E-state index < -0.39 is 0 Å². The van der Waals surface area contributed by atoms with Gasteiger partial charge in [-0.25, -0.2) is 14.8 Å². The molecule has 1 saturated heterocycles. The molecule has 3 N–H and O–H groups in total. The van der Waals surface area contributed by atoms with Crippen LogP contribution in [0.1, 0.15) is 60.9 Å². The van der Waals surface area contributed by atoms with Gasteiger partial charge in [0.05, 0.1) is 11.8 Å². The monoisotopic (exact) mass is 481 g/mol. The molecule has 34 heavy (non-hydrogen) atoms. The van der Waals surface area contributed by atoms with Crippen molar-refractivity contribution < 1.29 is 9.59 Å². The molecule has 0 unspecified atom stereocenters. The van der Waals surface area contributed by atoms with Crippen LogP contribution >= 0.6 is 11.6 Å². The number of aliphatic imine (C=N–C) groups is 1. The van der Waals surface area contributed by atoms with Crippen molar-refractivity contribution in [2.24, 2.45) is 4.99 Å². The molecule has 2 aromatic rings. The van der Waals surface area contributed by atoms with E-state index in [2.05, 4.69) is 30.9 Å². The second kappa shape index (κ2) is 9.97. The van der Waals surface area contributed by atoms with Gasteiger partial charge in [-0.3, -0.25) is 4.79 Å². The summed E-state index contributed by atoms with van der Waals surface area (Å²) < 4.78 is 0. The van der Waals surface area contributed by atoms with Crippen molar-refractivity contribution in [1.82, 2.24) is 20.2 Å². The van der Waals surface area contributed by atoms with Crippen LogP contribution in [0.3, 0.4) is 0 Å². The highest BCUT2D eigenvalue weighted by molar-refractivity contribution is 6.32. The number of carbonyl (C=O) groups is 2. The molecule has 178 valence electrons. The summed E-state index contributed by atoms with van der Waals surface area (Å²) in [7, 11) is 0. The van der Waals surface area contributed by atoms with Crippen LogP contribution in [0, 0.1) is 0 Å². The number of likely N-dealkylation sites (tertiary alicyclic amines) is 1. The Morgan fingerprint density at radius 1 is 1.06 bits per heavy atom. The first-order valence-corrected chi connectivity index (χ1v) is 12.3. The number of urea groups is 1. The smallest absolute Gasteiger partial charge is 0.317 e. The quantitative estimate of drug-likeness (QED) is 0.584. The summed E-state index contributed by atoms with van der Waals surface area (Å²) in [6.45, 7) is 1.39. The van der Waals surface area contributed by atoms with Crippen LogP contribution in [0.25, 0.3) is 0 Å². The van der Waals surface area contributed by atoms with Gasteiger partial charge in [-0.05, 0) is 43.9 Å². The summed E-state index contributed by atoms with van der Waals surface area (Å²) in [5.41, 5.74) is 2.11. The Labute approximate surface area is 203 Å². The topological polar surface area (TPSA) is 112 Å². The zero-order valence-corrected chi connectivity index (χ0v) is 19.6. The maximum Gasteiger partial charge on any atom is 0.317 e. The zero-order chi connectivity index (χ0) is 23.5. The zero-order valence-electron chi connectivity index (χ0n) is 18.9.